The van der Waals surface area contributed by atoms with Crippen LogP contribution in [0, 0.1) is 5.92 Å². The highest BCUT2D eigenvalue weighted by Gasteiger charge is 2.25. The number of piperidine rings is 1. The van der Waals surface area contributed by atoms with E-state index in [9.17, 15) is 9.59 Å². The molecule has 0 bridgehead atoms. The first-order valence-corrected chi connectivity index (χ1v) is 6.34. The van der Waals surface area contributed by atoms with Crippen LogP contribution < -0.4 is 10.6 Å². The zero-order valence-electron chi connectivity index (χ0n) is 9.50. The number of hydrogen-bond donors (Lipinski definition) is 2. The highest BCUT2D eigenvalue weighted by molar-refractivity contribution is 6.42. The van der Waals surface area contributed by atoms with Gasteiger partial charge in [-0.2, -0.15) is 0 Å². The highest BCUT2D eigenvalue weighted by Crippen LogP contribution is 2.25. The molecule has 2 amide bonds. The fourth-order valence-corrected chi connectivity index (χ4v) is 2.12. The van der Waals surface area contributed by atoms with Crippen molar-refractivity contribution in [2.75, 3.05) is 11.9 Å². The Balaban J connectivity index is 2.02. The van der Waals surface area contributed by atoms with Gasteiger partial charge in [-0.25, -0.2) is 0 Å². The molecule has 6 heteroatoms. The third kappa shape index (κ3) is 3.15. The Hall–Kier alpha value is -1.26. The van der Waals surface area contributed by atoms with E-state index in [0.29, 0.717) is 28.7 Å². The van der Waals surface area contributed by atoms with E-state index in [1.54, 1.807) is 18.2 Å². The lowest BCUT2D eigenvalue weighted by Crippen LogP contribution is -2.38. The Morgan fingerprint density at radius 3 is 2.78 bits per heavy atom. The molecular formula is C12H12Cl2N2O2. The molecule has 1 aromatic rings. The molecular weight excluding hydrogens is 275 g/mol. The van der Waals surface area contributed by atoms with E-state index in [4.69, 9.17) is 23.2 Å². The number of amides is 2. The molecule has 1 saturated heterocycles. The van der Waals surface area contributed by atoms with Gasteiger partial charge in [0.05, 0.1) is 10.0 Å². The van der Waals surface area contributed by atoms with Crippen molar-refractivity contribution < 1.29 is 9.59 Å². The van der Waals surface area contributed by atoms with Crippen LogP contribution >= 0.6 is 23.2 Å². The first kappa shape index (κ1) is 13.2. The van der Waals surface area contributed by atoms with Crippen molar-refractivity contribution in [2.24, 2.45) is 5.92 Å². The third-order valence-electron chi connectivity index (χ3n) is 2.80. The summed E-state index contributed by atoms with van der Waals surface area (Å²) in [6, 6.07) is 4.88. The first-order chi connectivity index (χ1) is 8.56. The van der Waals surface area contributed by atoms with Crippen LogP contribution in [0.2, 0.25) is 10.0 Å². The molecule has 2 N–H and O–H groups in total. The quantitative estimate of drug-likeness (QED) is 0.877. The number of carbonyl (C=O) groups excluding carboxylic acids is 2. The van der Waals surface area contributed by atoms with Crippen molar-refractivity contribution in [3.05, 3.63) is 28.2 Å². The summed E-state index contributed by atoms with van der Waals surface area (Å²) in [7, 11) is 0. The fraction of sp³-hybridized carbons (Fsp3) is 0.333. The number of anilines is 1. The van der Waals surface area contributed by atoms with Gasteiger partial charge in [0.15, 0.2) is 0 Å². The second-order valence-electron chi connectivity index (χ2n) is 4.16. The Bertz CT molecular complexity index is 491. The van der Waals surface area contributed by atoms with Gasteiger partial charge in [0, 0.05) is 24.6 Å². The zero-order chi connectivity index (χ0) is 13.1. The lowest BCUT2D eigenvalue weighted by molar-refractivity contribution is -0.129. The largest absolute Gasteiger partial charge is 0.356 e. The highest BCUT2D eigenvalue weighted by atomic mass is 35.5. The van der Waals surface area contributed by atoms with Crippen LogP contribution in [0.15, 0.2) is 18.2 Å². The van der Waals surface area contributed by atoms with Crippen molar-refractivity contribution in [1.82, 2.24) is 5.32 Å². The molecule has 0 saturated carbocycles. The lowest BCUT2D eigenvalue weighted by Gasteiger charge is -2.21. The molecule has 0 aliphatic carbocycles. The van der Waals surface area contributed by atoms with E-state index >= 15 is 0 Å². The summed E-state index contributed by atoms with van der Waals surface area (Å²) < 4.78 is 0. The molecule has 1 atom stereocenters. The van der Waals surface area contributed by atoms with E-state index in [1.165, 1.54) is 0 Å². The summed E-state index contributed by atoms with van der Waals surface area (Å²) in [5.74, 6) is -0.535. The van der Waals surface area contributed by atoms with Crippen LogP contribution in [0.3, 0.4) is 0 Å². The van der Waals surface area contributed by atoms with Gasteiger partial charge in [-0.15, -0.1) is 0 Å². The Kier molecular flexibility index (Phi) is 4.09. The molecule has 1 aliphatic heterocycles. The number of halogens is 2. The van der Waals surface area contributed by atoms with Crippen molar-refractivity contribution in [2.45, 2.75) is 12.8 Å². The first-order valence-electron chi connectivity index (χ1n) is 5.59. The van der Waals surface area contributed by atoms with E-state index in [1.807, 2.05) is 0 Å². The molecule has 1 unspecified atom stereocenters. The second kappa shape index (κ2) is 5.59. The van der Waals surface area contributed by atoms with Gasteiger partial charge in [0.2, 0.25) is 11.8 Å². The van der Waals surface area contributed by atoms with E-state index in [-0.39, 0.29) is 24.2 Å². The van der Waals surface area contributed by atoms with Crippen molar-refractivity contribution in [3.8, 4) is 0 Å². The van der Waals surface area contributed by atoms with Crippen LogP contribution in [0.1, 0.15) is 12.8 Å². The minimum atomic E-state index is -0.284. The van der Waals surface area contributed by atoms with Gasteiger partial charge < -0.3 is 10.6 Å². The van der Waals surface area contributed by atoms with Gasteiger partial charge in [0.1, 0.15) is 0 Å². The average Bonchev–Trinajstić information content (AvgIpc) is 2.34. The molecule has 1 fully saturated rings. The van der Waals surface area contributed by atoms with Gasteiger partial charge in [-0.3, -0.25) is 9.59 Å². The van der Waals surface area contributed by atoms with E-state index in [0.717, 1.165) is 0 Å². The minimum Gasteiger partial charge on any atom is -0.356 e. The molecule has 1 aromatic carbocycles. The van der Waals surface area contributed by atoms with E-state index < -0.39 is 0 Å². The molecule has 0 radical (unpaired) electrons. The molecule has 1 aliphatic rings. The maximum absolute atomic E-state index is 11.9. The number of benzene rings is 1. The summed E-state index contributed by atoms with van der Waals surface area (Å²) in [4.78, 5) is 23.1. The van der Waals surface area contributed by atoms with Gasteiger partial charge in [-0.1, -0.05) is 23.2 Å². The topological polar surface area (TPSA) is 58.2 Å². The maximum Gasteiger partial charge on any atom is 0.228 e. The summed E-state index contributed by atoms with van der Waals surface area (Å²) in [5, 5.41) is 6.25. The summed E-state index contributed by atoms with van der Waals surface area (Å²) in [6.07, 6.45) is 0.881. The molecule has 4 nitrogen and oxygen atoms in total. The summed E-state index contributed by atoms with van der Waals surface area (Å²) in [5.41, 5.74) is 0.584. The Morgan fingerprint density at radius 2 is 2.11 bits per heavy atom. The SMILES string of the molecule is O=C1CC(C(=O)Nc2ccc(Cl)c(Cl)c2)CCN1. The average molecular weight is 287 g/mol. The van der Waals surface area contributed by atoms with Crippen LogP contribution in [-0.2, 0) is 9.59 Å². The van der Waals surface area contributed by atoms with Crippen LogP contribution in [0.25, 0.3) is 0 Å². The molecule has 96 valence electrons. The normalized spacial score (nSPS) is 19.2. The van der Waals surface area contributed by atoms with Crippen molar-refractivity contribution >= 4 is 40.7 Å². The van der Waals surface area contributed by atoms with Crippen LogP contribution in [0.5, 0.6) is 0 Å². The molecule has 1 heterocycles. The fourth-order valence-electron chi connectivity index (χ4n) is 1.83. The number of carbonyl (C=O) groups is 2. The lowest BCUT2D eigenvalue weighted by atomic mass is 9.96. The van der Waals surface area contributed by atoms with Gasteiger partial charge >= 0.3 is 0 Å². The Labute approximate surface area is 115 Å². The second-order valence-corrected chi connectivity index (χ2v) is 4.97. The van der Waals surface area contributed by atoms with Crippen LogP contribution in [-0.4, -0.2) is 18.4 Å². The smallest absolute Gasteiger partial charge is 0.228 e. The molecule has 0 spiro atoms. The van der Waals surface area contributed by atoms with E-state index in [2.05, 4.69) is 10.6 Å². The minimum absolute atomic E-state index is 0.0875. The van der Waals surface area contributed by atoms with Crippen LogP contribution in [0.4, 0.5) is 5.69 Å². The zero-order valence-corrected chi connectivity index (χ0v) is 11.0. The number of hydrogen-bond acceptors (Lipinski definition) is 2. The predicted octanol–water partition coefficient (Wildman–Crippen LogP) is 2.46. The van der Waals surface area contributed by atoms with Gasteiger partial charge in [-0.05, 0) is 24.6 Å². The molecule has 2 rings (SSSR count). The number of rotatable bonds is 2. The van der Waals surface area contributed by atoms with Gasteiger partial charge in [0.25, 0.3) is 0 Å². The summed E-state index contributed by atoms with van der Waals surface area (Å²) in [6.45, 7) is 0.540. The summed E-state index contributed by atoms with van der Waals surface area (Å²) >= 11 is 11.6. The van der Waals surface area contributed by atoms with Crippen molar-refractivity contribution in [3.63, 3.8) is 0 Å². The maximum atomic E-state index is 11.9. The molecule has 18 heavy (non-hydrogen) atoms. The number of nitrogens with one attached hydrogen (secondary N) is 2. The standard InChI is InChI=1S/C12H12Cl2N2O2/c13-9-2-1-8(6-10(9)14)16-12(18)7-3-4-15-11(17)5-7/h1-2,6-7H,3-5H2,(H,15,17)(H,16,18). The molecule has 0 aromatic heterocycles. The Morgan fingerprint density at radius 1 is 1.33 bits per heavy atom. The third-order valence-corrected chi connectivity index (χ3v) is 3.54. The predicted molar refractivity (Wildman–Crippen MR) is 70.8 cm³/mol. The monoisotopic (exact) mass is 286 g/mol. The van der Waals surface area contributed by atoms with Crippen molar-refractivity contribution in [1.29, 1.82) is 0 Å².